The monoisotopic (exact) mass is 822 g/mol. The second-order valence-electron chi connectivity index (χ2n) is 17.8. The van der Waals surface area contributed by atoms with Gasteiger partial charge in [0.1, 0.15) is 5.65 Å². The van der Waals surface area contributed by atoms with Crippen LogP contribution in [-0.2, 0) is 27.4 Å². The molecular weight excluding hydrogens is 761 g/mol. The highest BCUT2D eigenvalue weighted by molar-refractivity contribution is 7.89. The third-order valence-electron chi connectivity index (χ3n) is 11.2. The molecule has 0 bridgehead atoms. The number of nitrogens with one attached hydrogen (secondary N) is 3. The molecule has 2 fully saturated rings. The predicted molar refractivity (Wildman–Crippen MR) is 237 cm³/mol. The molecule has 2 aromatic carbocycles. The molecule has 1 saturated carbocycles. The van der Waals surface area contributed by atoms with Gasteiger partial charge < -0.3 is 27.1 Å². The second-order valence-corrected chi connectivity index (χ2v) is 19.7. The zero-order chi connectivity index (χ0) is 42.4. The number of hydrogen-bond donors (Lipinski definition) is 5. The van der Waals surface area contributed by atoms with Gasteiger partial charge in [-0.1, -0.05) is 65.8 Å². The molecule has 316 valence electrons. The third-order valence-corrected chi connectivity index (χ3v) is 13.1. The minimum atomic E-state index is -3.53. The van der Waals surface area contributed by atoms with Crippen LogP contribution in [0.1, 0.15) is 95.5 Å². The Morgan fingerprint density at radius 3 is 2.25 bits per heavy atom. The minimum absolute atomic E-state index is 0.00277. The first-order valence-corrected chi connectivity index (χ1v) is 22.2. The summed E-state index contributed by atoms with van der Waals surface area (Å²) < 4.78 is 30.8. The number of rotatable bonds is 13. The van der Waals surface area contributed by atoms with Gasteiger partial charge in [0.05, 0.1) is 10.6 Å². The van der Waals surface area contributed by atoms with Crippen molar-refractivity contribution in [1.29, 1.82) is 0 Å². The van der Waals surface area contributed by atoms with Gasteiger partial charge in [0, 0.05) is 60.8 Å². The Bertz CT molecular complexity index is 2330. The smallest absolute Gasteiger partial charge is 0.354 e. The molecule has 2 aliphatic rings. The molecular formula is C45H62N10O3S. The lowest BCUT2D eigenvalue weighted by Gasteiger charge is -2.34. The first kappa shape index (κ1) is 43.7. The van der Waals surface area contributed by atoms with E-state index in [9.17, 15) is 13.2 Å². The largest absolute Gasteiger partial charge is 0.370 e. The fourth-order valence-electron chi connectivity index (χ4n) is 7.50. The lowest BCUT2D eigenvalue weighted by Crippen LogP contribution is -2.47. The van der Waals surface area contributed by atoms with E-state index in [2.05, 4.69) is 90.3 Å². The zero-order valence-electron chi connectivity index (χ0n) is 35.4. The topological polar surface area (TPSA) is 189 Å². The van der Waals surface area contributed by atoms with E-state index in [0.29, 0.717) is 35.5 Å². The summed E-state index contributed by atoms with van der Waals surface area (Å²) >= 11 is 0. The Kier molecular flexibility index (Phi) is 13.8. The number of nitrogens with two attached hydrogens (primary N) is 2. The molecule has 1 aliphatic carbocycles. The highest BCUT2D eigenvalue weighted by Gasteiger charge is 2.43. The average Bonchev–Trinajstić information content (AvgIpc) is 3.86. The molecule has 4 heterocycles. The number of aliphatic imine (C=N–C) groups is 1. The van der Waals surface area contributed by atoms with Crippen LogP contribution in [0.25, 0.3) is 16.7 Å². The summed E-state index contributed by atoms with van der Waals surface area (Å²) in [5.74, 6) is 0.944. The van der Waals surface area contributed by atoms with Crippen LogP contribution >= 0.6 is 0 Å². The first-order chi connectivity index (χ1) is 28.0. The van der Waals surface area contributed by atoms with Gasteiger partial charge in [-0.25, -0.2) is 13.2 Å². The maximum atomic E-state index is 13.7. The van der Waals surface area contributed by atoms with Crippen molar-refractivity contribution in [1.82, 2.24) is 34.5 Å². The van der Waals surface area contributed by atoms with Crippen LogP contribution in [0.3, 0.4) is 0 Å². The van der Waals surface area contributed by atoms with Gasteiger partial charge in [-0.3, -0.25) is 14.5 Å². The number of aromatic nitrogens is 4. The summed E-state index contributed by atoms with van der Waals surface area (Å²) in [6.45, 7) is 17.3. The molecule has 59 heavy (non-hydrogen) atoms. The van der Waals surface area contributed by atoms with Crippen LogP contribution in [0.5, 0.6) is 0 Å². The van der Waals surface area contributed by atoms with Gasteiger partial charge in [-0.05, 0) is 122 Å². The molecule has 0 amide bonds. The van der Waals surface area contributed by atoms with E-state index >= 15 is 0 Å². The van der Waals surface area contributed by atoms with E-state index in [0.717, 1.165) is 79.8 Å². The van der Waals surface area contributed by atoms with Crippen LogP contribution in [-0.4, -0.2) is 77.0 Å². The molecule has 3 aromatic heterocycles. The van der Waals surface area contributed by atoms with Gasteiger partial charge in [0.2, 0.25) is 10.0 Å². The van der Waals surface area contributed by atoms with Crippen molar-refractivity contribution in [2.75, 3.05) is 32.7 Å². The minimum Gasteiger partial charge on any atom is -0.370 e. The molecule has 0 spiro atoms. The van der Waals surface area contributed by atoms with Gasteiger partial charge in [-0.15, -0.1) is 0 Å². The Balaban J connectivity index is 0.000000199. The first-order valence-electron chi connectivity index (χ1n) is 20.7. The zero-order valence-corrected chi connectivity index (χ0v) is 36.2. The number of piperidine rings is 1. The van der Waals surface area contributed by atoms with Crippen LogP contribution in [0, 0.1) is 5.92 Å². The Hall–Kier alpha value is -4.89. The number of nitrogens with zero attached hydrogens (tertiary/aromatic N) is 5. The molecule has 7 rings (SSSR count). The van der Waals surface area contributed by atoms with E-state index in [1.54, 1.807) is 16.7 Å². The molecule has 5 aromatic rings. The van der Waals surface area contributed by atoms with Crippen molar-refractivity contribution in [2.45, 2.75) is 101 Å². The summed E-state index contributed by atoms with van der Waals surface area (Å²) in [5.41, 5.74) is 16.3. The fourth-order valence-corrected chi connectivity index (χ4v) is 9.24. The maximum absolute atomic E-state index is 13.7. The Morgan fingerprint density at radius 2 is 1.63 bits per heavy atom. The van der Waals surface area contributed by atoms with E-state index in [4.69, 9.17) is 11.5 Å². The number of benzene rings is 2. The van der Waals surface area contributed by atoms with Crippen molar-refractivity contribution < 1.29 is 8.42 Å². The van der Waals surface area contributed by atoms with Crippen molar-refractivity contribution in [3.8, 4) is 5.69 Å². The van der Waals surface area contributed by atoms with Crippen LogP contribution in [0.2, 0.25) is 0 Å². The number of aromatic amines is 1. The van der Waals surface area contributed by atoms with Gasteiger partial charge in [-0.2, -0.15) is 9.29 Å². The van der Waals surface area contributed by atoms with Crippen LogP contribution in [0.4, 0.5) is 0 Å². The molecule has 1 saturated heterocycles. The van der Waals surface area contributed by atoms with E-state index in [1.165, 1.54) is 5.56 Å². The van der Waals surface area contributed by atoms with E-state index in [1.807, 2.05) is 59.3 Å². The number of pyridine rings is 1. The molecule has 1 aliphatic heterocycles. The summed E-state index contributed by atoms with van der Waals surface area (Å²) in [6.07, 6.45) is 9.13. The molecule has 0 radical (unpaired) electrons. The molecule has 13 nitrogen and oxygen atoms in total. The second kappa shape index (κ2) is 18.6. The van der Waals surface area contributed by atoms with Gasteiger partial charge in [0.15, 0.2) is 5.96 Å². The van der Waals surface area contributed by atoms with Crippen molar-refractivity contribution in [3.05, 3.63) is 118 Å². The summed E-state index contributed by atoms with van der Waals surface area (Å²) in [4.78, 5) is 28.4. The van der Waals surface area contributed by atoms with Crippen LogP contribution < -0.4 is 27.8 Å². The molecule has 2 unspecified atom stereocenters. The van der Waals surface area contributed by atoms with Crippen molar-refractivity contribution in [3.63, 3.8) is 0 Å². The highest BCUT2D eigenvalue weighted by atomic mass is 32.2. The third kappa shape index (κ3) is 11.4. The summed E-state index contributed by atoms with van der Waals surface area (Å²) in [6, 6.07) is 21.6. The van der Waals surface area contributed by atoms with Gasteiger partial charge in [0.25, 0.3) is 0 Å². The van der Waals surface area contributed by atoms with Crippen molar-refractivity contribution in [2.24, 2.45) is 22.4 Å². The number of sulfonamides is 1. The molecule has 14 heteroatoms. The van der Waals surface area contributed by atoms with E-state index in [-0.39, 0.29) is 28.5 Å². The average molecular weight is 823 g/mol. The normalized spacial score (nSPS) is 17.4. The summed E-state index contributed by atoms with van der Waals surface area (Å²) in [5, 5.41) is 7.63. The van der Waals surface area contributed by atoms with Gasteiger partial charge >= 0.3 is 5.69 Å². The lowest BCUT2D eigenvalue weighted by molar-refractivity contribution is 0.254. The quantitative estimate of drug-likeness (QED) is 0.0565. The van der Waals surface area contributed by atoms with E-state index < -0.39 is 10.0 Å². The van der Waals surface area contributed by atoms with Crippen molar-refractivity contribution >= 4 is 27.0 Å². The fraction of sp³-hybridized carbons (Fsp3) is 0.467. The van der Waals surface area contributed by atoms with Crippen LogP contribution in [0.15, 0.2) is 100 Å². The number of fused-ring (bicyclic) bond motifs is 1. The molecule has 2 atom stereocenters. The Labute approximate surface area is 349 Å². The highest BCUT2D eigenvalue weighted by Crippen LogP contribution is 2.48. The number of hydrogen-bond acceptors (Lipinski definition) is 8. The summed E-state index contributed by atoms with van der Waals surface area (Å²) in [7, 11) is -3.53. The molecule has 7 N–H and O–H groups in total. The standard InChI is InChI=1S/C24H33N3O2S.C21H29N7O/c1-24(2,3)20-4-6-22(7-5-20)30(28,29)27(21-10-14-26-15-11-21)17-19-16-23(19)18-8-12-25-13-9-18;1-21(2,3)17-11-15-13-28(20(29)27-18(15)26-17)16-7-5-14(6-8-16)12-24-9-4-10-25-19(22)23/h4-9,12-13,19,21,23,26H,10-11,14-17H2,1-3H3;5-8,11,13,24H,4,9-10,12H2,1-3H3,(H4,22,23,25)(H,26,27,29). The number of H-pyrrole nitrogens is 1. The number of guanidine groups is 1. The Morgan fingerprint density at radius 1 is 0.949 bits per heavy atom. The maximum Gasteiger partial charge on any atom is 0.354 e. The lowest BCUT2D eigenvalue weighted by atomic mass is 9.87. The predicted octanol–water partition coefficient (Wildman–Crippen LogP) is 5.69. The SMILES string of the molecule is CC(C)(C)c1cc2cn(-c3ccc(CNCCCN=C(N)N)cc3)c(=O)nc2[nH]1.CC(C)(C)c1ccc(S(=O)(=O)N(CC2CC2c2ccncc2)C2CCNCC2)cc1.